The van der Waals surface area contributed by atoms with Gasteiger partial charge in [0.1, 0.15) is 0 Å². The van der Waals surface area contributed by atoms with Crippen molar-refractivity contribution in [1.82, 2.24) is 0 Å². The second-order valence-electron chi connectivity index (χ2n) is 3.28. The fourth-order valence-electron chi connectivity index (χ4n) is 1.24. The molecule has 0 bridgehead atoms. The highest BCUT2D eigenvalue weighted by atomic mass is 35.5. The summed E-state index contributed by atoms with van der Waals surface area (Å²) in [5, 5.41) is 0.533. The molecule has 0 fully saturated rings. The van der Waals surface area contributed by atoms with Crippen molar-refractivity contribution in [2.75, 3.05) is 5.88 Å². The number of esters is 1. The summed E-state index contributed by atoms with van der Waals surface area (Å²) in [4.78, 5) is 22.3. The Morgan fingerprint density at radius 2 is 1.82 bits per heavy atom. The summed E-state index contributed by atoms with van der Waals surface area (Å²) in [5.74, 6) is -0.786. The highest BCUT2D eigenvalue weighted by Crippen LogP contribution is 2.34. The molecule has 0 atom stereocenters. The van der Waals surface area contributed by atoms with E-state index in [-0.39, 0.29) is 28.9 Å². The van der Waals surface area contributed by atoms with Gasteiger partial charge in [-0.1, -0.05) is 23.2 Å². The van der Waals surface area contributed by atoms with Crippen LogP contribution in [0.4, 0.5) is 0 Å². The third kappa shape index (κ3) is 3.87. The molecule has 0 amide bonds. The van der Waals surface area contributed by atoms with Gasteiger partial charge in [-0.05, 0) is 12.1 Å². The number of benzene rings is 1. The van der Waals surface area contributed by atoms with Gasteiger partial charge in [0, 0.05) is 23.9 Å². The van der Waals surface area contributed by atoms with Crippen LogP contribution in [0.25, 0.3) is 0 Å². The fourth-order valence-corrected chi connectivity index (χ4v) is 1.76. The van der Waals surface area contributed by atoms with E-state index in [0.717, 1.165) is 0 Å². The van der Waals surface area contributed by atoms with E-state index in [1.165, 1.54) is 19.1 Å². The molecule has 1 aromatic rings. The van der Waals surface area contributed by atoms with Crippen LogP contribution in [0, 0.1) is 0 Å². The van der Waals surface area contributed by atoms with Crippen molar-refractivity contribution in [1.29, 1.82) is 0 Å². The number of ketones is 1. The van der Waals surface area contributed by atoms with Crippen LogP contribution < -0.4 is 4.74 Å². The SMILES string of the molecule is CC(=O)Oc1c(Cl)ccc(Cl)c1CC(=O)CCl. The van der Waals surface area contributed by atoms with Crippen molar-refractivity contribution < 1.29 is 14.3 Å². The van der Waals surface area contributed by atoms with E-state index in [4.69, 9.17) is 39.5 Å². The van der Waals surface area contributed by atoms with Crippen LogP contribution >= 0.6 is 34.8 Å². The van der Waals surface area contributed by atoms with E-state index in [0.29, 0.717) is 10.6 Å². The van der Waals surface area contributed by atoms with Crippen LogP contribution in [0.3, 0.4) is 0 Å². The maximum atomic E-state index is 11.3. The van der Waals surface area contributed by atoms with Gasteiger partial charge in [0.2, 0.25) is 0 Å². The smallest absolute Gasteiger partial charge is 0.308 e. The Balaban J connectivity index is 3.19. The Kier molecular flexibility index (Phi) is 5.25. The average Bonchev–Trinajstić information content (AvgIpc) is 2.27. The second-order valence-corrected chi connectivity index (χ2v) is 4.36. The maximum absolute atomic E-state index is 11.3. The fraction of sp³-hybridized carbons (Fsp3) is 0.273. The Morgan fingerprint density at radius 3 is 2.35 bits per heavy atom. The van der Waals surface area contributed by atoms with Crippen molar-refractivity contribution in [3.05, 3.63) is 27.7 Å². The number of Topliss-reactive ketones (excluding diaryl/α,β-unsaturated/α-hetero) is 1. The normalized spacial score (nSPS) is 10.1. The van der Waals surface area contributed by atoms with Crippen LogP contribution in [0.1, 0.15) is 12.5 Å². The van der Waals surface area contributed by atoms with Crippen molar-refractivity contribution in [3.63, 3.8) is 0 Å². The Hall–Kier alpha value is -0.770. The highest BCUT2D eigenvalue weighted by Gasteiger charge is 2.17. The van der Waals surface area contributed by atoms with Crippen LogP contribution in [0.5, 0.6) is 5.75 Å². The first-order chi connectivity index (χ1) is 7.95. The number of ether oxygens (including phenoxy) is 1. The van der Waals surface area contributed by atoms with E-state index in [9.17, 15) is 9.59 Å². The summed E-state index contributed by atoms with van der Waals surface area (Å²) in [6.45, 7) is 1.24. The number of carbonyl (C=O) groups is 2. The van der Waals surface area contributed by atoms with Crippen LogP contribution in [0.2, 0.25) is 10.0 Å². The maximum Gasteiger partial charge on any atom is 0.308 e. The Morgan fingerprint density at radius 1 is 1.24 bits per heavy atom. The molecule has 0 aliphatic carbocycles. The van der Waals surface area contributed by atoms with Gasteiger partial charge >= 0.3 is 5.97 Å². The number of alkyl halides is 1. The van der Waals surface area contributed by atoms with Gasteiger partial charge in [0.15, 0.2) is 11.5 Å². The molecule has 1 rings (SSSR count). The van der Waals surface area contributed by atoms with Gasteiger partial charge in [-0.3, -0.25) is 9.59 Å². The first-order valence-corrected chi connectivity index (χ1v) is 5.97. The van der Waals surface area contributed by atoms with Gasteiger partial charge < -0.3 is 4.74 Å². The second kappa shape index (κ2) is 6.24. The first kappa shape index (κ1) is 14.3. The summed E-state index contributed by atoms with van der Waals surface area (Å²) in [6.07, 6.45) is -0.0223. The van der Waals surface area contributed by atoms with Crippen molar-refractivity contribution in [3.8, 4) is 5.75 Å². The minimum Gasteiger partial charge on any atom is -0.425 e. The lowest BCUT2D eigenvalue weighted by molar-refractivity contribution is -0.132. The monoisotopic (exact) mass is 294 g/mol. The number of carbonyl (C=O) groups excluding carboxylic acids is 2. The molecular formula is C11H9Cl3O3. The van der Waals surface area contributed by atoms with E-state index >= 15 is 0 Å². The average molecular weight is 296 g/mol. The minimum absolute atomic E-state index is 0.0223. The Labute approximate surface area is 114 Å². The summed E-state index contributed by atoms with van der Waals surface area (Å²) >= 11 is 17.3. The lowest BCUT2D eigenvalue weighted by atomic mass is 10.1. The molecule has 0 heterocycles. The quantitative estimate of drug-likeness (QED) is 0.486. The zero-order chi connectivity index (χ0) is 13.0. The number of rotatable bonds is 4. The van der Waals surface area contributed by atoms with Crippen LogP contribution in [-0.2, 0) is 16.0 Å². The van der Waals surface area contributed by atoms with Gasteiger partial charge in [0.25, 0.3) is 0 Å². The molecule has 92 valence electrons. The zero-order valence-electron chi connectivity index (χ0n) is 8.93. The lowest BCUT2D eigenvalue weighted by Gasteiger charge is -2.11. The van der Waals surface area contributed by atoms with Crippen LogP contribution in [-0.4, -0.2) is 17.6 Å². The van der Waals surface area contributed by atoms with E-state index in [1.54, 1.807) is 0 Å². The molecule has 0 radical (unpaired) electrons. The van der Waals surface area contributed by atoms with E-state index in [2.05, 4.69) is 0 Å². The lowest BCUT2D eigenvalue weighted by Crippen LogP contribution is -2.09. The molecule has 0 aliphatic heterocycles. The molecule has 0 saturated carbocycles. The number of hydrogen-bond donors (Lipinski definition) is 0. The molecule has 0 spiro atoms. The summed E-state index contributed by atoms with van der Waals surface area (Å²) in [6, 6.07) is 3.03. The molecule has 0 saturated heterocycles. The largest absolute Gasteiger partial charge is 0.425 e. The first-order valence-electron chi connectivity index (χ1n) is 4.68. The van der Waals surface area contributed by atoms with Gasteiger partial charge in [-0.15, -0.1) is 11.6 Å². The Bertz CT molecular complexity index is 458. The summed E-state index contributed by atoms with van der Waals surface area (Å²) in [7, 11) is 0. The number of hydrogen-bond acceptors (Lipinski definition) is 3. The topological polar surface area (TPSA) is 43.4 Å². The molecule has 0 unspecified atom stereocenters. The number of halogens is 3. The molecule has 0 N–H and O–H groups in total. The third-order valence-electron chi connectivity index (χ3n) is 1.92. The molecule has 17 heavy (non-hydrogen) atoms. The predicted octanol–water partition coefficient (Wildman–Crippen LogP) is 3.27. The summed E-state index contributed by atoms with van der Waals surface area (Å²) in [5.41, 5.74) is 0.375. The van der Waals surface area contributed by atoms with Crippen molar-refractivity contribution in [2.24, 2.45) is 0 Å². The zero-order valence-corrected chi connectivity index (χ0v) is 11.2. The van der Waals surface area contributed by atoms with Crippen molar-refractivity contribution in [2.45, 2.75) is 13.3 Å². The molecular weight excluding hydrogens is 286 g/mol. The third-order valence-corrected chi connectivity index (χ3v) is 2.87. The molecule has 1 aromatic carbocycles. The van der Waals surface area contributed by atoms with Crippen molar-refractivity contribution >= 4 is 46.6 Å². The van der Waals surface area contributed by atoms with Gasteiger partial charge in [-0.2, -0.15) is 0 Å². The van der Waals surface area contributed by atoms with Gasteiger partial charge in [-0.25, -0.2) is 0 Å². The standard InChI is InChI=1S/C11H9Cl3O3/c1-6(15)17-11-8(4-7(16)5-12)9(13)2-3-10(11)14/h2-3H,4-5H2,1H3. The van der Waals surface area contributed by atoms with Crippen LogP contribution in [0.15, 0.2) is 12.1 Å². The van der Waals surface area contributed by atoms with E-state index in [1.807, 2.05) is 0 Å². The predicted molar refractivity (Wildman–Crippen MR) is 67.2 cm³/mol. The molecule has 3 nitrogen and oxygen atoms in total. The molecule has 0 aromatic heterocycles. The van der Waals surface area contributed by atoms with Gasteiger partial charge in [0.05, 0.1) is 10.9 Å². The van der Waals surface area contributed by atoms with E-state index < -0.39 is 5.97 Å². The minimum atomic E-state index is -0.534. The highest BCUT2D eigenvalue weighted by molar-refractivity contribution is 6.35. The summed E-state index contributed by atoms with van der Waals surface area (Å²) < 4.78 is 4.95. The molecule has 6 heteroatoms. The molecule has 0 aliphatic rings.